The van der Waals surface area contributed by atoms with Crippen molar-refractivity contribution in [2.45, 2.75) is 45.1 Å². The molecule has 0 spiro atoms. The Morgan fingerprint density at radius 2 is 2.00 bits per heavy atom. The summed E-state index contributed by atoms with van der Waals surface area (Å²) < 4.78 is 0. The molecule has 1 heterocycles. The topological polar surface area (TPSA) is 66.5 Å². The first-order chi connectivity index (χ1) is 7.45. The minimum absolute atomic E-state index is 0.729. The van der Waals surface area contributed by atoms with Gasteiger partial charge in [0.1, 0.15) is 0 Å². The highest BCUT2D eigenvalue weighted by atomic mass is 15.5. The van der Waals surface area contributed by atoms with Crippen LogP contribution in [0, 0.1) is 5.92 Å². The van der Waals surface area contributed by atoms with E-state index in [-0.39, 0.29) is 0 Å². The summed E-state index contributed by atoms with van der Waals surface area (Å²) in [6.45, 7) is 1.82. The Bertz CT molecular complexity index is 251. The van der Waals surface area contributed by atoms with E-state index in [9.17, 15) is 0 Å². The molecule has 0 unspecified atom stereocenters. The van der Waals surface area contributed by atoms with E-state index in [0.717, 1.165) is 24.8 Å². The summed E-state index contributed by atoms with van der Waals surface area (Å²) in [6.07, 6.45) is 8.38. The molecular weight excluding hydrogens is 190 g/mol. The van der Waals surface area contributed by atoms with Crippen LogP contribution in [0.5, 0.6) is 0 Å². The summed E-state index contributed by atoms with van der Waals surface area (Å²) in [5, 5.41) is 17.2. The number of rotatable bonds is 4. The van der Waals surface area contributed by atoms with Gasteiger partial charge in [0.15, 0.2) is 5.82 Å². The molecule has 1 aromatic rings. The van der Waals surface area contributed by atoms with E-state index in [4.69, 9.17) is 0 Å². The molecule has 84 valence electrons. The van der Waals surface area contributed by atoms with Crippen LogP contribution in [0.2, 0.25) is 0 Å². The first-order valence-electron chi connectivity index (χ1n) is 5.88. The van der Waals surface area contributed by atoms with Crippen molar-refractivity contribution in [1.29, 1.82) is 0 Å². The van der Waals surface area contributed by atoms with Crippen LogP contribution in [0.1, 0.15) is 44.3 Å². The van der Waals surface area contributed by atoms with Gasteiger partial charge in [-0.1, -0.05) is 30.9 Å². The SMILES string of the molecule is C1CCCC(CNCc2nn[nH]n2)CC1. The van der Waals surface area contributed by atoms with Crippen molar-refractivity contribution >= 4 is 0 Å². The molecule has 1 aliphatic carbocycles. The van der Waals surface area contributed by atoms with E-state index in [1.807, 2.05) is 0 Å². The maximum Gasteiger partial charge on any atom is 0.188 e. The number of hydrogen-bond acceptors (Lipinski definition) is 4. The van der Waals surface area contributed by atoms with E-state index in [1.54, 1.807) is 0 Å². The van der Waals surface area contributed by atoms with Crippen molar-refractivity contribution in [2.75, 3.05) is 6.54 Å². The summed E-state index contributed by atoms with van der Waals surface area (Å²) in [5.41, 5.74) is 0. The summed E-state index contributed by atoms with van der Waals surface area (Å²) in [6, 6.07) is 0. The standard InChI is InChI=1S/C10H19N5/c1-2-4-6-9(5-3-1)7-11-8-10-12-14-15-13-10/h9,11H,1-8H2,(H,12,13,14,15). The number of H-pyrrole nitrogens is 1. The number of hydrogen-bond donors (Lipinski definition) is 2. The van der Waals surface area contributed by atoms with Crippen LogP contribution in [-0.4, -0.2) is 27.2 Å². The van der Waals surface area contributed by atoms with Gasteiger partial charge in [0.2, 0.25) is 0 Å². The minimum Gasteiger partial charge on any atom is -0.309 e. The quantitative estimate of drug-likeness (QED) is 0.733. The van der Waals surface area contributed by atoms with E-state index in [2.05, 4.69) is 25.9 Å². The fourth-order valence-electron chi connectivity index (χ4n) is 2.21. The average Bonchev–Trinajstić information content (AvgIpc) is 2.62. The summed E-state index contributed by atoms with van der Waals surface area (Å²) in [4.78, 5) is 0. The normalized spacial score (nSPS) is 18.9. The van der Waals surface area contributed by atoms with Crippen LogP contribution in [-0.2, 0) is 6.54 Å². The monoisotopic (exact) mass is 209 g/mol. The molecular formula is C10H19N5. The predicted molar refractivity (Wildman–Crippen MR) is 57.1 cm³/mol. The fourth-order valence-corrected chi connectivity index (χ4v) is 2.21. The van der Waals surface area contributed by atoms with Gasteiger partial charge in [-0.3, -0.25) is 0 Å². The predicted octanol–water partition coefficient (Wildman–Crippen LogP) is 1.26. The van der Waals surface area contributed by atoms with Crippen LogP contribution in [0.15, 0.2) is 0 Å². The minimum atomic E-state index is 0.729. The molecule has 0 aliphatic heterocycles. The molecule has 0 saturated heterocycles. The first kappa shape index (κ1) is 10.5. The lowest BCUT2D eigenvalue weighted by Gasteiger charge is -2.13. The molecule has 0 bridgehead atoms. The Balaban J connectivity index is 1.64. The van der Waals surface area contributed by atoms with Crippen LogP contribution in [0.4, 0.5) is 0 Å². The highest BCUT2D eigenvalue weighted by molar-refractivity contribution is 4.75. The number of nitrogens with zero attached hydrogens (tertiary/aromatic N) is 3. The zero-order valence-electron chi connectivity index (χ0n) is 9.08. The van der Waals surface area contributed by atoms with Crippen molar-refractivity contribution in [3.05, 3.63) is 5.82 Å². The third kappa shape index (κ3) is 3.58. The summed E-state index contributed by atoms with van der Waals surface area (Å²) in [5.74, 6) is 1.60. The molecule has 1 saturated carbocycles. The Labute approximate surface area is 90.0 Å². The van der Waals surface area contributed by atoms with Gasteiger partial charge in [-0.05, 0) is 25.3 Å². The van der Waals surface area contributed by atoms with Crippen molar-refractivity contribution in [2.24, 2.45) is 5.92 Å². The van der Waals surface area contributed by atoms with Gasteiger partial charge in [-0.25, -0.2) is 0 Å². The van der Waals surface area contributed by atoms with E-state index < -0.39 is 0 Å². The molecule has 5 heteroatoms. The van der Waals surface area contributed by atoms with Gasteiger partial charge >= 0.3 is 0 Å². The first-order valence-corrected chi connectivity index (χ1v) is 5.88. The highest BCUT2D eigenvalue weighted by Gasteiger charge is 2.11. The second-order valence-electron chi connectivity index (χ2n) is 4.32. The van der Waals surface area contributed by atoms with E-state index in [0.29, 0.717) is 0 Å². The third-order valence-electron chi connectivity index (χ3n) is 3.08. The zero-order valence-corrected chi connectivity index (χ0v) is 9.08. The summed E-state index contributed by atoms with van der Waals surface area (Å²) >= 11 is 0. The molecule has 5 nitrogen and oxygen atoms in total. The second-order valence-corrected chi connectivity index (χ2v) is 4.32. The van der Waals surface area contributed by atoms with Crippen molar-refractivity contribution in [3.8, 4) is 0 Å². The van der Waals surface area contributed by atoms with Gasteiger partial charge in [-0.2, -0.15) is 5.21 Å². The van der Waals surface area contributed by atoms with Gasteiger partial charge in [0, 0.05) is 0 Å². The second kappa shape index (κ2) is 5.80. The molecule has 2 N–H and O–H groups in total. The molecule has 0 amide bonds. The molecule has 0 radical (unpaired) electrons. The van der Waals surface area contributed by atoms with Crippen LogP contribution in [0.25, 0.3) is 0 Å². The lowest BCUT2D eigenvalue weighted by atomic mass is 10.0. The molecule has 1 aliphatic rings. The Morgan fingerprint density at radius 1 is 1.20 bits per heavy atom. The van der Waals surface area contributed by atoms with Crippen LogP contribution < -0.4 is 5.32 Å². The Hall–Kier alpha value is -0.970. The van der Waals surface area contributed by atoms with E-state index in [1.165, 1.54) is 38.5 Å². The van der Waals surface area contributed by atoms with Crippen LogP contribution in [0.3, 0.4) is 0 Å². The van der Waals surface area contributed by atoms with Gasteiger partial charge in [0.05, 0.1) is 6.54 Å². The lowest BCUT2D eigenvalue weighted by Crippen LogP contribution is -2.22. The fraction of sp³-hybridized carbons (Fsp3) is 0.900. The molecule has 1 fully saturated rings. The lowest BCUT2D eigenvalue weighted by molar-refractivity contribution is 0.422. The largest absolute Gasteiger partial charge is 0.309 e. The Kier molecular flexibility index (Phi) is 4.08. The average molecular weight is 209 g/mol. The zero-order chi connectivity index (χ0) is 10.3. The van der Waals surface area contributed by atoms with Crippen LogP contribution >= 0.6 is 0 Å². The number of aromatic amines is 1. The van der Waals surface area contributed by atoms with E-state index >= 15 is 0 Å². The van der Waals surface area contributed by atoms with Crippen molar-refractivity contribution in [1.82, 2.24) is 25.9 Å². The van der Waals surface area contributed by atoms with Gasteiger partial charge in [-0.15, -0.1) is 10.2 Å². The molecule has 2 rings (SSSR count). The smallest absolute Gasteiger partial charge is 0.188 e. The van der Waals surface area contributed by atoms with Crippen molar-refractivity contribution < 1.29 is 0 Å². The number of tetrazole rings is 1. The molecule has 15 heavy (non-hydrogen) atoms. The van der Waals surface area contributed by atoms with Gasteiger partial charge in [0.25, 0.3) is 0 Å². The summed E-state index contributed by atoms with van der Waals surface area (Å²) in [7, 11) is 0. The van der Waals surface area contributed by atoms with Crippen molar-refractivity contribution in [3.63, 3.8) is 0 Å². The number of aromatic nitrogens is 4. The maximum absolute atomic E-state index is 3.91. The molecule has 0 aromatic carbocycles. The Morgan fingerprint density at radius 3 is 2.67 bits per heavy atom. The molecule has 1 aromatic heterocycles. The number of nitrogens with one attached hydrogen (secondary N) is 2. The third-order valence-corrected chi connectivity index (χ3v) is 3.08. The maximum atomic E-state index is 3.91. The molecule has 0 atom stereocenters. The van der Waals surface area contributed by atoms with Gasteiger partial charge < -0.3 is 5.32 Å². The highest BCUT2D eigenvalue weighted by Crippen LogP contribution is 2.21.